The van der Waals surface area contributed by atoms with E-state index >= 15 is 0 Å². The maximum absolute atomic E-state index is 13.0. The third-order valence-electron chi connectivity index (χ3n) is 5.35. The Morgan fingerprint density at radius 1 is 0.885 bits per heavy atom. The van der Waals surface area contributed by atoms with Gasteiger partial charge in [0, 0.05) is 0 Å². The molecule has 0 N–H and O–H groups in total. The minimum atomic E-state index is -0.364. The normalized spacial score (nSPS) is 13.8. The summed E-state index contributed by atoms with van der Waals surface area (Å²) >= 11 is 0. The summed E-state index contributed by atoms with van der Waals surface area (Å²) in [5, 5.41) is 0. The lowest BCUT2D eigenvalue weighted by atomic mass is 9.97. The van der Waals surface area contributed by atoms with Crippen molar-refractivity contribution in [1.29, 1.82) is 0 Å². The number of benzene rings is 3. The third kappa shape index (κ3) is 2.82. The monoisotopic (exact) mass is 342 g/mol. The van der Waals surface area contributed by atoms with Crippen molar-refractivity contribution in [3.63, 3.8) is 0 Å². The van der Waals surface area contributed by atoms with Crippen molar-refractivity contribution in [2.24, 2.45) is 0 Å². The van der Waals surface area contributed by atoms with E-state index in [1.165, 1.54) is 5.56 Å². The van der Waals surface area contributed by atoms with Crippen molar-refractivity contribution < 1.29 is 9.53 Å². The van der Waals surface area contributed by atoms with Gasteiger partial charge in [0.2, 0.25) is 0 Å². The summed E-state index contributed by atoms with van der Waals surface area (Å²) in [5.74, 6) is 0.521. The lowest BCUT2D eigenvalue weighted by Gasteiger charge is -2.14. The lowest BCUT2D eigenvalue weighted by molar-refractivity contribution is -0.135. The van der Waals surface area contributed by atoms with E-state index in [0.29, 0.717) is 11.7 Å². The number of ether oxygens (including phenoxy) is 1. The molecular formula is C24H22O2. The van der Waals surface area contributed by atoms with Crippen LogP contribution in [0.1, 0.15) is 48.8 Å². The standard InChI is InChI=1S/C24H22O2/c1-3-16(2)17-12-14-18(15-13-17)26-24(25)23-21-10-6-4-8-19(21)20-9-5-7-11-22(20)23/h4-16,23H,3H2,1-2H3. The molecule has 0 fully saturated rings. The summed E-state index contributed by atoms with van der Waals surface area (Å²) in [4.78, 5) is 13.0. The largest absolute Gasteiger partial charge is 0.426 e. The first kappa shape index (κ1) is 16.6. The molecule has 1 aliphatic carbocycles. The second-order valence-corrected chi connectivity index (χ2v) is 6.91. The van der Waals surface area contributed by atoms with Gasteiger partial charge in [-0.15, -0.1) is 0 Å². The summed E-state index contributed by atoms with van der Waals surface area (Å²) < 4.78 is 5.74. The molecule has 4 rings (SSSR count). The first-order valence-electron chi connectivity index (χ1n) is 9.19. The Balaban J connectivity index is 1.63. The van der Waals surface area contributed by atoms with E-state index < -0.39 is 0 Å². The van der Waals surface area contributed by atoms with E-state index in [4.69, 9.17) is 4.74 Å². The molecule has 2 heteroatoms. The highest BCUT2D eigenvalue weighted by atomic mass is 16.5. The predicted molar refractivity (Wildman–Crippen MR) is 105 cm³/mol. The number of rotatable bonds is 4. The van der Waals surface area contributed by atoms with E-state index in [1.807, 2.05) is 60.7 Å². The fourth-order valence-corrected chi connectivity index (χ4v) is 3.68. The SMILES string of the molecule is CCC(C)c1ccc(OC(=O)C2c3ccccc3-c3ccccc32)cc1. The highest BCUT2D eigenvalue weighted by Gasteiger charge is 2.34. The summed E-state index contributed by atoms with van der Waals surface area (Å²) in [6, 6.07) is 24.1. The second-order valence-electron chi connectivity index (χ2n) is 6.91. The molecule has 26 heavy (non-hydrogen) atoms. The molecule has 0 heterocycles. The van der Waals surface area contributed by atoms with Crippen LogP contribution in [-0.4, -0.2) is 5.97 Å². The minimum absolute atomic E-state index is 0.223. The smallest absolute Gasteiger partial charge is 0.323 e. The van der Waals surface area contributed by atoms with Gasteiger partial charge in [-0.05, 0) is 52.3 Å². The zero-order valence-electron chi connectivity index (χ0n) is 15.1. The molecule has 0 spiro atoms. The van der Waals surface area contributed by atoms with Crippen LogP contribution in [0.3, 0.4) is 0 Å². The Morgan fingerprint density at radius 2 is 1.42 bits per heavy atom. The summed E-state index contributed by atoms with van der Waals surface area (Å²) in [6.07, 6.45) is 1.09. The molecule has 0 amide bonds. The van der Waals surface area contributed by atoms with E-state index in [9.17, 15) is 4.79 Å². The van der Waals surface area contributed by atoms with Crippen LogP contribution in [0, 0.1) is 0 Å². The average Bonchev–Trinajstić information content (AvgIpc) is 3.02. The second kappa shape index (κ2) is 6.80. The Labute approximate surface area is 154 Å². The number of carbonyl (C=O) groups is 1. The quantitative estimate of drug-likeness (QED) is 0.435. The number of hydrogen-bond donors (Lipinski definition) is 0. The first-order valence-corrected chi connectivity index (χ1v) is 9.19. The zero-order valence-corrected chi connectivity index (χ0v) is 15.1. The average molecular weight is 342 g/mol. The van der Waals surface area contributed by atoms with Gasteiger partial charge >= 0.3 is 5.97 Å². The van der Waals surface area contributed by atoms with Gasteiger partial charge in [0.1, 0.15) is 11.7 Å². The molecule has 0 radical (unpaired) electrons. The van der Waals surface area contributed by atoms with Crippen molar-refractivity contribution >= 4 is 5.97 Å². The Kier molecular flexibility index (Phi) is 4.34. The Hall–Kier alpha value is -2.87. The number of fused-ring (bicyclic) bond motifs is 3. The highest BCUT2D eigenvalue weighted by molar-refractivity contribution is 5.94. The molecule has 0 saturated heterocycles. The topological polar surface area (TPSA) is 26.3 Å². The van der Waals surface area contributed by atoms with E-state index in [1.54, 1.807) is 0 Å². The number of carbonyl (C=O) groups excluding carboxylic acids is 1. The van der Waals surface area contributed by atoms with Crippen molar-refractivity contribution in [1.82, 2.24) is 0 Å². The molecule has 2 nitrogen and oxygen atoms in total. The van der Waals surface area contributed by atoms with Gasteiger partial charge in [0.15, 0.2) is 0 Å². The molecule has 3 aromatic carbocycles. The molecule has 1 aliphatic rings. The maximum Gasteiger partial charge on any atom is 0.323 e. The first-order chi connectivity index (χ1) is 12.7. The van der Waals surface area contributed by atoms with Gasteiger partial charge in [-0.1, -0.05) is 74.5 Å². The van der Waals surface area contributed by atoms with Crippen LogP contribution < -0.4 is 4.74 Å². The van der Waals surface area contributed by atoms with Crippen LogP contribution in [0.15, 0.2) is 72.8 Å². The van der Waals surface area contributed by atoms with Gasteiger partial charge in [-0.25, -0.2) is 0 Å². The molecule has 0 aliphatic heterocycles. The van der Waals surface area contributed by atoms with Crippen molar-refractivity contribution in [3.8, 4) is 16.9 Å². The van der Waals surface area contributed by atoms with Gasteiger partial charge in [-0.3, -0.25) is 4.79 Å². The van der Waals surface area contributed by atoms with Gasteiger partial charge in [0.05, 0.1) is 0 Å². The molecule has 130 valence electrons. The molecule has 0 saturated carbocycles. The Bertz CT molecular complexity index is 895. The fraction of sp³-hybridized carbons (Fsp3) is 0.208. The van der Waals surface area contributed by atoms with Crippen molar-refractivity contribution in [2.45, 2.75) is 32.1 Å². The van der Waals surface area contributed by atoms with Crippen LogP contribution in [0.5, 0.6) is 5.75 Å². The summed E-state index contributed by atoms with van der Waals surface area (Å²) in [6.45, 7) is 4.38. The van der Waals surface area contributed by atoms with Gasteiger partial charge in [0.25, 0.3) is 0 Å². The summed E-state index contributed by atoms with van der Waals surface area (Å²) in [7, 11) is 0. The van der Waals surface area contributed by atoms with Crippen LogP contribution in [0.4, 0.5) is 0 Å². The lowest BCUT2D eigenvalue weighted by Crippen LogP contribution is -2.18. The molecule has 1 atom stereocenters. The van der Waals surface area contributed by atoms with Crippen LogP contribution in [0.2, 0.25) is 0 Å². The number of hydrogen-bond acceptors (Lipinski definition) is 2. The fourth-order valence-electron chi connectivity index (χ4n) is 3.68. The molecule has 3 aromatic rings. The zero-order chi connectivity index (χ0) is 18.1. The molecule has 1 unspecified atom stereocenters. The van der Waals surface area contributed by atoms with Crippen molar-refractivity contribution in [2.75, 3.05) is 0 Å². The van der Waals surface area contributed by atoms with Crippen LogP contribution in [0.25, 0.3) is 11.1 Å². The van der Waals surface area contributed by atoms with E-state index in [0.717, 1.165) is 28.7 Å². The number of esters is 1. The Morgan fingerprint density at radius 3 is 1.96 bits per heavy atom. The minimum Gasteiger partial charge on any atom is -0.426 e. The van der Waals surface area contributed by atoms with Crippen LogP contribution in [-0.2, 0) is 4.79 Å². The van der Waals surface area contributed by atoms with E-state index in [2.05, 4.69) is 26.0 Å². The van der Waals surface area contributed by atoms with Crippen LogP contribution >= 0.6 is 0 Å². The van der Waals surface area contributed by atoms with E-state index in [-0.39, 0.29) is 11.9 Å². The molecule has 0 aromatic heterocycles. The predicted octanol–water partition coefficient (Wildman–Crippen LogP) is 5.92. The molecular weight excluding hydrogens is 320 g/mol. The van der Waals surface area contributed by atoms with Gasteiger partial charge < -0.3 is 4.74 Å². The van der Waals surface area contributed by atoms with Crippen molar-refractivity contribution in [3.05, 3.63) is 89.5 Å². The highest BCUT2D eigenvalue weighted by Crippen LogP contribution is 2.45. The summed E-state index contributed by atoms with van der Waals surface area (Å²) in [5.41, 5.74) is 5.56. The molecule has 0 bridgehead atoms. The third-order valence-corrected chi connectivity index (χ3v) is 5.35. The van der Waals surface area contributed by atoms with Gasteiger partial charge in [-0.2, -0.15) is 0 Å². The maximum atomic E-state index is 13.0.